The molecule has 0 saturated heterocycles. The van der Waals surface area contributed by atoms with Crippen LogP contribution < -0.4 is 10.9 Å². The summed E-state index contributed by atoms with van der Waals surface area (Å²) < 4.78 is 39.4. The van der Waals surface area contributed by atoms with Crippen LogP contribution >= 0.6 is 0 Å². The maximum atomic E-state index is 11.7. The van der Waals surface area contributed by atoms with Crippen molar-refractivity contribution in [2.45, 2.75) is 6.18 Å². The van der Waals surface area contributed by atoms with Crippen LogP contribution in [0.15, 0.2) is 23.7 Å². The number of allylic oxidation sites excluding steroid dienone is 2. The van der Waals surface area contributed by atoms with E-state index >= 15 is 0 Å². The van der Waals surface area contributed by atoms with Crippen molar-refractivity contribution in [2.24, 2.45) is 0 Å². The van der Waals surface area contributed by atoms with Crippen LogP contribution in [0.4, 0.5) is 13.2 Å². The van der Waals surface area contributed by atoms with Crippen LogP contribution in [0.5, 0.6) is 0 Å². The molecule has 1 aliphatic rings. The zero-order chi connectivity index (χ0) is 11.5. The van der Waals surface area contributed by atoms with Crippen LogP contribution in [0.2, 0.25) is 0 Å². The van der Waals surface area contributed by atoms with E-state index in [2.05, 4.69) is 15.6 Å². The van der Waals surface area contributed by atoms with Crippen LogP contribution in [0.1, 0.15) is 0 Å². The van der Waals surface area contributed by atoms with Gasteiger partial charge < -0.3 is 9.84 Å². The van der Waals surface area contributed by atoms with Crippen molar-refractivity contribution >= 4 is 5.97 Å². The van der Waals surface area contributed by atoms with E-state index in [9.17, 15) is 18.0 Å². The molecular weight excluding hydrogens is 217 g/mol. The molecule has 0 unspecified atom stereocenters. The van der Waals surface area contributed by atoms with Gasteiger partial charge in [0.1, 0.15) is 5.70 Å². The highest BCUT2D eigenvalue weighted by Crippen LogP contribution is 2.16. The van der Waals surface area contributed by atoms with Crippen molar-refractivity contribution in [1.82, 2.24) is 10.9 Å². The summed E-state index contributed by atoms with van der Waals surface area (Å²) in [7, 11) is 0. The van der Waals surface area contributed by atoms with E-state index in [-0.39, 0.29) is 11.6 Å². The molecule has 0 saturated carbocycles. The first-order valence-electron chi connectivity index (χ1n) is 3.75. The van der Waals surface area contributed by atoms with Crippen molar-refractivity contribution in [3.05, 3.63) is 23.7 Å². The Morgan fingerprint density at radius 1 is 1.40 bits per heavy atom. The number of aliphatic carboxylic acids is 1. The monoisotopic (exact) mass is 224 g/mol. The number of hydrazine groups is 1. The lowest BCUT2D eigenvalue weighted by Crippen LogP contribution is -2.37. The van der Waals surface area contributed by atoms with Gasteiger partial charge in [-0.05, 0) is 6.08 Å². The van der Waals surface area contributed by atoms with Crippen LogP contribution in [-0.2, 0) is 9.53 Å². The van der Waals surface area contributed by atoms with E-state index in [1.165, 1.54) is 0 Å². The molecule has 15 heavy (non-hydrogen) atoms. The molecule has 0 aliphatic carbocycles. The Labute approximate surface area is 82.2 Å². The molecular formula is C7H7F3N2O3. The summed E-state index contributed by atoms with van der Waals surface area (Å²) in [5.41, 5.74) is 4.13. The molecule has 5 nitrogen and oxygen atoms in total. The highest BCUT2D eigenvalue weighted by Gasteiger charge is 2.29. The lowest BCUT2D eigenvalue weighted by Gasteiger charge is -2.18. The van der Waals surface area contributed by atoms with Gasteiger partial charge in [-0.1, -0.05) is 0 Å². The van der Waals surface area contributed by atoms with Crippen LogP contribution in [0, 0.1) is 0 Å². The predicted octanol–water partition coefficient (Wildman–Crippen LogP) is 0.483. The number of nitrogens with one attached hydrogen (secondary N) is 2. The number of rotatable bonds is 3. The molecule has 84 valence electrons. The molecule has 1 aliphatic heterocycles. The number of carboxylic acid groups (broad SMARTS) is 1. The Balaban J connectivity index is 2.50. The normalized spacial score (nSPS) is 15.7. The minimum atomic E-state index is -4.43. The van der Waals surface area contributed by atoms with Crippen LogP contribution in [-0.4, -0.2) is 23.9 Å². The van der Waals surface area contributed by atoms with Crippen LogP contribution in [0.3, 0.4) is 0 Å². The fourth-order valence-electron chi connectivity index (χ4n) is 0.740. The predicted molar refractivity (Wildman–Crippen MR) is 42.1 cm³/mol. The smallest absolute Gasteiger partial charge is 0.422 e. The van der Waals surface area contributed by atoms with E-state index < -0.39 is 18.8 Å². The molecule has 0 aromatic heterocycles. The minimum Gasteiger partial charge on any atom is -0.477 e. The summed E-state index contributed by atoms with van der Waals surface area (Å²) in [5, 5.41) is 8.46. The maximum Gasteiger partial charge on any atom is 0.422 e. The van der Waals surface area contributed by atoms with Crippen molar-refractivity contribution in [1.29, 1.82) is 0 Å². The van der Waals surface area contributed by atoms with E-state index in [1.807, 2.05) is 0 Å². The highest BCUT2D eigenvalue weighted by molar-refractivity contribution is 5.86. The number of hydrogen-bond acceptors (Lipinski definition) is 4. The molecule has 8 heteroatoms. The van der Waals surface area contributed by atoms with Gasteiger partial charge >= 0.3 is 12.1 Å². The molecule has 0 radical (unpaired) electrons. The molecule has 0 atom stereocenters. The zero-order valence-electron chi connectivity index (χ0n) is 7.26. The Hall–Kier alpha value is -1.86. The summed E-state index contributed by atoms with van der Waals surface area (Å²) in [4.78, 5) is 10.4. The summed E-state index contributed by atoms with van der Waals surface area (Å²) in [5.74, 6) is -1.43. The first-order valence-corrected chi connectivity index (χ1v) is 3.75. The van der Waals surface area contributed by atoms with Gasteiger partial charge in [0.2, 0.25) is 5.88 Å². The summed E-state index contributed by atoms with van der Waals surface area (Å²) in [6.07, 6.45) is -2.25. The summed E-state index contributed by atoms with van der Waals surface area (Å²) >= 11 is 0. The Morgan fingerprint density at radius 3 is 2.47 bits per heavy atom. The number of carboxylic acids is 1. The van der Waals surface area contributed by atoms with Crippen LogP contribution in [0.25, 0.3) is 0 Å². The number of carbonyl (C=O) groups is 1. The molecule has 0 fully saturated rings. The third-order valence-electron chi connectivity index (χ3n) is 1.34. The Bertz CT molecular complexity index is 322. The van der Waals surface area contributed by atoms with Gasteiger partial charge in [-0.3, -0.25) is 10.9 Å². The molecule has 0 spiro atoms. The van der Waals surface area contributed by atoms with E-state index in [0.29, 0.717) is 0 Å². The molecule has 0 aromatic carbocycles. The van der Waals surface area contributed by atoms with Gasteiger partial charge in [0.15, 0.2) is 6.61 Å². The Morgan fingerprint density at radius 2 is 2.07 bits per heavy atom. The summed E-state index contributed by atoms with van der Waals surface area (Å²) in [6.45, 7) is -1.44. The lowest BCUT2D eigenvalue weighted by atomic mass is 10.3. The highest BCUT2D eigenvalue weighted by atomic mass is 19.4. The van der Waals surface area contributed by atoms with E-state index in [1.54, 1.807) is 0 Å². The van der Waals surface area contributed by atoms with Gasteiger partial charge in [0, 0.05) is 6.08 Å². The van der Waals surface area contributed by atoms with E-state index in [4.69, 9.17) is 5.11 Å². The Kier molecular flexibility index (Phi) is 3.08. The second-order valence-electron chi connectivity index (χ2n) is 2.57. The fraction of sp³-hybridized carbons (Fsp3) is 0.286. The number of halogens is 3. The minimum absolute atomic E-state index is 0.186. The SMILES string of the molecule is O=C(O)C1=CC=C(OCC(F)(F)F)NN1. The van der Waals surface area contributed by atoms with Gasteiger partial charge in [0.25, 0.3) is 0 Å². The summed E-state index contributed by atoms with van der Waals surface area (Å²) in [6, 6.07) is 0. The number of alkyl halides is 3. The second kappa shape index (κ2) is 4.11. The zero-order valence-corrected chi connectivity index (χ0v) is 7.26. The molecule has 3 N–H and O–H groups in total. The average molecular weight is 224 g/mol. The molecule has 1 heterocycles. The topological polar surface area (TPSA) is 70.6 Å². The maximum absolute atomic E-state index is 11.7. The van der Waals surface area contributed by atoms with Crippen molar-refractivity contribution in [2.75, 3.05) is 6.61 Å². The molecule has 0 aromatic rings. The van der Waals surface area contributed by atoms with Crippen molar-refractivity contribution < 1.29 is 27.8 Å². The lowest BCUT2D eigenvalue weighted by molar-refractivity contribution is -0.166. The third kappa shape index (κ3) is 3.79. The van der Waals surface area contributed by atoms with Gasteiger partial charge in [-0.25, -0.2) is 4.79 Å². The van der Waals surface area contributed by atoms with Gasteiger partial charge in [0.05, 0.1) is 0 Å². The standard InChI is InChI=1S/C7H7F3N2O3/c8-7(9,10)3-15-5-2-1-4(6(13)14)11-12-5/h1-2,11-12H,3H2,(H,13,14). The van der Waals surface area contributed by atoms with Gasteiger partial charge in [-0.15, -0.1) is 0 Å². The molecule has 0 amide bonds. The average Bonchev–Trinajstić information content (AvgIpc) is 2.14. The third-order valence-corrected chi connectivity index (χ3v) is 1.34. The molecule has 0 bridgehead atoms. The largest absolute Gasteiger partial charge is 0.477 e. The fourth-order valence-corrected chi connectivity index (χ4v) is 0.740. The molecule has 1 rings (SSSR count). The van der Waals surface area contributed by atoms with E-state index in [0.717, 1.165) is 12.2 Å². The van der Waals surface area contributed by atoms with Gasteiger partial charge in [-0.2, -0.15) is 13.2 Å². The quantitative estimate of drug-likeness (QED) is 0.650. The number of hydrogen-bond donors (Lipinski definition) is 3. The first kappa shape index (κ1) is 11.2. The number of ether oxygens (including phenoxy) is 1. The second-order valence-corrected chi connectivity index (χ2v) is 2.57. The van der Waals surface area contributed by atoms with Crippen molar-refractivity contribution in [3.63, 3.8) is 0 Å². The first-order chi connectivity index (χ1) is 6.88. The van der Waals surface area contributed by atoms with Crippen molar-refractivity contribution in [3.8, 4) is 0 Å².